The molecule has 1 saturated heterocycles. The van der Waals surface area contributed by atoms with Crippen LogP contribution in [0, 0.1) is 11.8 Å². The monoisotopic (exact) mass is 394 g/mol. The molecule has 1 aromatic rings. The van der Waals surface area contributed by atoms with Crippen molar-refractivity contribution in [3.05, 3.63) is 29.8 Å². The zero-order valence-electron chi connectivity index (χ0n) is 14.8. The minimum atomic E-state index is -4.39. The van der Waals surface area contributed by atoms with E-state index in [9.17, 15) is 18.0 Å². The summed E-state index contributed by atoms with van der Waals surface area (Å²) in [4.78, 5) is 12.0. The maximum atomic E-state index is 12.6. The molecule has 1 fully saturated rings. The number of hydrogen-bond donors (Lipinski definition) is 2. The van der Waals surface area contributed by atoms with Crippen molar-refractivity contribution >= 4 is 18.3 Å². The van der Waals surface area contributed by atoms with Gasteiger partial charge in [-0.05, 0) is 56.0 Å². The number of alkyl halides is 3. The van der Waals surface area contributed by atoms with Gasteiger partial charge in [0.15, 0.2) is 0 Å². The Labute approximate surface area is 158 Å². The van der Waals surface area contributed by atoms with Crippen LogP contribution in [0.4, 0.5) is 13.2 Å². The summed E-state index contributed by atoms with van der Waals surface area (Å²) in [5.74, 6) is 0.991. The van der Waals surface area contributed by atoms with Crippen molar-refractivity contribution in [3.8, 4) is 5.75 Å². The van der Waals surface area contributed by atoms with Crippen LogP contribution in [0.15, 0.2) is 24.3 Å². The quantitative estimate of drug-likeness (QED) is 0.694. The number of piperidine rings is 1. The largest absolute Gasteiger partial charge is 0.492 e. The summed E-state index contributed by atoms with van der Waals surface area (Å²) in [5, 5.41) is 6.07. The van der Waals surface area contributed by atoms with Gasteiger partial charge in [0, 0.05) is 6.42 Å². The Balaban J connectivity index is 0.00000338. The molecule has 0 bridgehead atoms. The molecule has 4 nitrogen and oxygen atoms in total. The van der Waals surface area contributed by atoms with Gasteiger partial charge in [-0.1, -0.05) is 13.0 Å². The SMILES string of the molecule is CC(CC(=O)NCCOc1cccc(C(F)(F)F)c1)C1CCNCC1.Cl. The van der Waals surface area contributed by atoms with E-state index in [0.29, 0.717) is 18.3 Å². The number of hydrogen-bond acceptors (Lipinski definition) is 3. The lowest BCUT2D eigenvalue weighted by molar-refractivity contribution is -0.137. The molecule has 1 heterocycles. The smallest absolute Gasteiger partial charge is 0.416 e. The van der Waals surface area contributed by atoms with E-state index in [2.05, 4.69) is 17.6 Å². The molecule has 1 unspecified atom stereocenters. The molecule has 0 spiro atoms. The zero-order chi connectivity index (χ0) is 18.3. The van der Waals surface area contributed by atoms with Gasteiger partial charge in [-0.3, -0.25) is 4.79 Å². The van der Waals surface area contributed by atoms with Crippen molar-refractivity contribution < 1.29 is 22.7 Å². The minimum absolute atomic E-state index is 0. The average Bonchev–Trinajstić information content (AvgIpc) is 2.59. The van der Waals surface area contributed by atoms with Crippen LogP contribution in [0.3, 0.4) is 0 Å². The van der Waals surface area contributed by atoms with E-state index in [1.807, 2.05) is 0 Å². The molecule has 2 N–H and O–H groups in total. The summed E-state index contributed by atoms with van der Waals surface area (Å²) >= 11 is 0. The Hall–Kier alpha value is -1.47. The highest BCUT2D eigenvalue weighted by molar-refractivity contribution is 5.85. The first-order valence-electron chi connectivity index (χ1n) is 8.63. The third-order valence-corrected chi connectivity index (χ3v) is 4.55. The summed E-state index contributed by atoms with van der Waals surface area (Å²) in [7, 11) is 0. The summed E-state index contributed by atoms with van der Waals surface area (Å²) in [5.41, 5.74) is -0.746. The number of rotatable bonds is 7. The number of carbonyl (C=O) groups is 1. The normalized spacial score (nSPS) is 16.5. The van der Waals surface area contributed by atoms with Crippen molar-refractivity contribution in [2.75, 3.05) is 26.2 Å². The molecule has 0 aliphatic carbocycles. The Bertz CT molecular complexity index is 564. The topological polar surface area (TPSA) is 50.4 Å². The van der Waals surface area contributed by atoms with E-state index in [1.54, 1.807) is 0 Å². The van der Waals surface area contributed by atoms with Crippen LogP contribution in [-0.2, 0) is 11.0 Å². The van der Waals surface area contributed by atoms with E-state index in [1.165, 1.54) is 12.1 Å². The van der Waals surface area contributed by atoms with Crippen LogP contribution in [0.25, 0.3) is 0 Å². The summed E-state index contributed by atoms with van der Waals surface area (Å²) < 4.78 is 43.2. The van der Waals surface area contributed by atoms with Gasteiger partial charge in [0.05, 0.1) is 12.1 Å². The second kappa shape index (κ2) is 10.6. The molecule has 1 aliphatic rings. The number of halogens is 4. The third-order valence-electron chi connectivity index (χ3n) is 4.55. The maximum Gasteiger partial charge on any atom is 0.416 e. The fraction of sp³-hybridized carbons (Fsp3) is 0.611. The molecule has 0 saturated carbocycles. The number of ether oxygens (including phenoxy) is 1. The molecule has 148 valence electrons. The molecule has 0 radical (unpaired) electrons. The first kappa shape index (κ1) is 22.6. The van der Waals surface area contributed by atoms with E-state index < -0.39 is 11.7 Å². The maximum absolute atomic E-state index is 12.6. The van der Waals surface area contributed by atoms with Crippen molar-refractivity contribution in [3.63, 3.8) is 0 Å². The standard InChI is InChI=1S/C18H25F3N2O2.ClH/c1-13(14-5-7-22-8-6-14)11-17(24)23-9-10-25-16-4-2-3-15(12-16)18(19,20)21;/h2-4,12-14,22H,5-11H2,1H3,(H,23,24);1H. The predicted octanol–water partition coefficient (Wildman–Crippen LogP) is 3.65. The van der Waals surface area contributed by atoms with E-state index in [-0.39, 0.29) is 37.2 Å². The third kappa shape index (κ3) is 7.41. The van der Waals surface area contributed by atoms with Gasteiger partial charge < -0.3 is 15.4 Å². The van der Waals surface area contributed by atoms with E-state index >= 15 is 0 Å². The number of benzene rings is 1. The van der Waals surface area contributed by atoms with Gasteiger partial charge in [-0.25, -0.2) is 0 Å². The lowest BCUT2D eigenvalue weighted by atomic mass is 9.84. The van der Waals surface area contributed by atoms with Gasteiger partial charge in [0.2, 0.25) is 5.91 Å². The van der Waals surface area contributed by atoms with Crippen LogP contribution in [0.1, 0.15) is 31.7 Å². The Morgan fingerprint density at radius 2 is 2.04 bits per heavy atom. The van der Waals surface area contributed by atoms with Gasteiger partial charge >= 0.3 is 6.18 Å². The molecule has 1 atom stereocenters. The highest BCUT2D eigenvalue weighted by atomic mass is 35.5. The Morgan fingerprint density at radius 1 is 1.35 bits per heavy atom. The molecule has 26 heavy (non-hydrogen) atoms. The average molecular weight is 395 g/mol. The van der Waals surface area contributed by atoms with E-state index in [0.717, 1.165) is 38.1 Å². The highest BCUT2D eigenvalue weighted by Crippen LogP contribution is 2.31. The fourth-order valence-electron chi connectivity index (χ4n) is 3.07. The van der Waals surface area contributed by atoms with Gasteiger partial charge in [-0.2, -0.15) is 13.2 Å². The Morgan fingerprint density at radius 3 is 2.69 bits per heavy atom. The molecular weight excluding hydrogens is 369 g/mol. The second-order valence-corrected chi connectivity index (χ2v) is 6.49. The van der Waals surface area contributed by atoms with Crippen LogP contribution in [0.2, 0.25) is 0 Å². The van der Waals surface area contributed by atoms with Crippen LogP contribution in [-0.4, -0.2) is 32.1 Å². The highest BCUT2D eigenvalue weighted by Gasteiger charge is 2.30. The van der Waals surface area contributed by atoms with Crippen LogP contribution >= 0.6 is 12.4 Å². The number of carbonyl (C=O) groups excluding carboxylic acids is 1. The van der Waals surface area contributed by atoms with E-state index in [4.69, 9.17) is 4.74 Å². The molecule has 2 rings (SSSR count). The van der Waals surface area contributed by atoms with Crippen molar-refractivity contribution in [2.24, 2.45) is 11.8 Å². The molecule has 1 aromatic carbocycles. The molecule has 1 amide bonds. The molecular formula is C18H26ClF3N2O2. The lowest BCUT2D eigenvalue weighted by Gasteiger charge is -2.27. The minimum Gasteiger partial charge on any atom is -0.492 e. The zero-order valence-corrected chi connectivity index (χ0v) is 15.6. The van der Waals surface area contributed by atoms with Crippen molar-refractivity contribution in [1.29, 1.82) is 0 Å². The van der Waals surface area contributed by atoms with Gasteiger partial charge in [0.25, 0.3) is 0 Å². The molecule has 8 heteroatoms. The second-order valence-electron chi connectivity index (χ2n) is 6.49. The summed E-state index contributed by atoms with van der Waals surface area (Å²) in [6.45, 7) is 4.50. The van der Waals surface area contributed by atoms with Gasteiger partial charge in [-0.15, -0.1) is 12.4 Å². The Kier molecular flexibility index (Phi) is 9.22. The summed E-state index contributed by atoms with van der Waals surface area (Å²) in [6, 6.07) is 4.73. The molecule has 0 aromatic heterocycles. The number of amides is 1. The first-order valence-corrected chi connectivity index (χ1v) is 8.63. The first-order chi connectivity index (χ1) is 11.9. The number of nitrogens with one attached hydrogen (secondary N) is 2. The van der Waals surface area contributed by atoms with Crippen molar-refractivity contribution in [1.82, 2.24) is 10.6 Å². The van der Waals surface area contributed by atoms with Gasteiger partial charge in [0.1, 0.15) is 12.4 Å². The fourth-order valence-corrected chi connectivity index (χ4v) is 3.07. The van der Waals surface area contributed by atoms with Crippen LogP contribution in [0.5, 0.6) is 5.75 Å². The molecule has 1 aliphatic heterocycles. The lowest BCUT2D eigenvalue weighted by Crippen LogP contribution is -2.34. The predicted molar refractivity (Wildman–Crippen MR) is 96.6 cm³/mol. The van der Waals surface area contributed by atoms with Crippen LogP contribution < -0.4 is 15.4 Å². The summed E-state index contributed by atoms with van der Waals surface area (Å²) in [6.07, 6.45) is -1.74. The van der Waals surface area contributed by atoms with Crippen molar-refractivity contribution in [2.45, 2.75) is 32.4 Å².